The molecule has 0 saturated heterocycles. The molecule has 0 rings (SSSR count). The van der Waals surface area contributed by atoms with Crippen LogP contribution in [0.2, 0.25) is 0 Å². The van der Waals surface area contributed by atoms with E-state index in [1.54, 1.807) is 27.7 Å². The number of esters is 3. The van der Waals surface area contributed by atoms with Crippen LogP contribution >= 0.6 is 31.9 Å². The molecule has 0 spiro atoms. The Hall–Kier alpha value is -0.910. The van der Waals surface area contributed by atoms with Crippen molar-refractivity contribution < 1.29 is 62.8 Å². The van der Waals surface area contributed by atoms with Crippen molar-refractivity contribution in [3.05, 3.63) is 0 Å². The number of halogens is 2. The van der Waals surface area contributed by atoms with Gasteiger partial charge in [-0.05, 0) is 34.6 Å². The Bertz CT molecular complexity index is 677. The van der Waals surface area contributed by atoms with Crippen molar-refractivity contribution in [2.45, 2.75) is 49.4 Å². The molecule has 0 fully saturated rings. The molecule has 0 heterocycles. The largest absolute Gasteiger partial charge is 0.463 e. The highest BCUT2D eigenvalue weighted by Crippen LogP contribution is 2.25. The summed E-state index contributed by atoms with van der Waals surface area (Å²) in [5, 5.41) is 17.7. The monoisotopic (exact) mass is 696 g/mol. The average molecular weight is 698 g/mol. The summed E-state index contributed by atoms with van der Waals surface area (Å²) < 4.78 is 29.9. The van der Waals surface area contributed by atoms with Gasteiger partial charge in [-0.15, -0.1) is 0 Å². The Morgan fingerprint density at radius 3 is 1.46 bits per heavy atom. The summed E-state index contributed by atoms with van der Waals surface area (Å²) in [6.07, 6.45) is -0.986. The van der Waals surface area contributed by atoms with E-state index in [-0.39, 0.29) is 52.9 Å². The first-order valence-corrected chi connectivity index (χ1v) is 13.9. The Kier molecular flexibility index (Phi) is 19.6. The van der Waals surface area contributed by atoms with Crippen LogP contribution in [0.15, 0.2) is 0 Å². The summed E-state index contributed by atoms with van der Waals surface area (Å²) in [5.74, 6) is -1.88. The molecule has 0 radical (unpaired) electrons. The molecule has 0 aliphatic heterocycles. The fourth-order valence-corrected chi connectivity index (χ4v) is 2.42. The molecule has 0 aromatic rings. The van der Waals surface area contributed by atoms with Crippen LogP contribution in [0, 0.1) is 5.41 Å². The summed E-state index contributed by atoms with van der Waals surface area (Å²) in [5.41, 5.74) is -1.43. The van der Waals surface area contributed by atoms with E-state index in [0.29, 0.717) is 19.8 Å². The molecule has 0 amide bonds. The van der Waals surface area contributed by atoms with Gasteiger partial charge in [0.2, 0.25) is 0 Å². The lowest BCUT2D eigenvalue weighted by molar-refractivity contribution is -0.310. The van der Waals surface area contributed by atoms with E-state index in [4.69, 9.17) is 43.5 Å². The van der Waals surface area contributed by atoms with Gasteiger partial charge in [0.1, 0.15) is 53.2 Å². The number of ether oxygens (including phenoxy) is 6. The smallest absolute Gasteiger partial charge is 0.322 e. The third-order valence-electron chi connectivity index (χ3n) is 4.58. The Balaban J connectivity index is 4.20. The van der Waals surface area contributed by atoms with Crippen LogP contribution in [0.1, 0.15) is 34.6 Å². The number of carbonyl (C=O) groups is 3. The zero-order valence-corrected chi connectivity index (χ0v) is 26.4. The predicted molar refractivity (Wildman–Crippen MR) is 144 cm³/mol. The van der Waals surface area contributed by atoms with Gasteiger partial charge in [0.15, 0.2) is 0 Å². The van der Waals surface area contributed by atoms with Crippen LogP contribution in [-0.4, -0.2) is 122 Å². The summed E-state index contributed by atoms with van der Waals surface area (Å²) in [6, 6.07) is 0. The maximum atomic E-state index is 12.8. The molecule has 2 N–H and O–H groups in total. The first-order valence-electron chi connectivity index (χ1n) is 12.3. The molecule has 0 aromatic carbocycles. The lowest BCUT2D eigenvalue weighted by Crippen LogP contribution is -2.43. The van der Waals surface area contributed by atoms with E-state index >= 15 is 0 Å². The van der Waals surface area contributed by atoms with Crippen molar-refractivity contribution in [3.63, 3.8) is 0 Å². The quantitative estimate of drug-likeness (QED) is 0.0393. The Morgan fingerprint density at radius 2 is 1.05 bits per heavy atom. The highest BCUT2D eigenvalue weighted by Gasteiger charge is 2.41. The lowest BCUT2D eigenvalue weighted by Gasteiger charge is -2.28. The van der Waals surface area contributed by atoms with Crippen LogP contribution in [0.5, 0.6) is 0 Å². The summed E-state index contributed by atoms with van der Waals surface area (Å²) in [7, 11) is 0. The number of hydrogen-bond acceptors (Lipinski definition) is 13. The van der Waals surface area contributed by atoms with Gasteiger partial charge in [0, 0.05) is 0 Å². The number of aliphatic hydroxyl groups is 2. The summed E-state index contributed by atoms with van der Waals surface area (Å²) >= 11 is 6.41. The topological polar surface area (TPSA) is 166 Å². The van der Waals surface area contributed by atoms with Crippen molar-refractivity contribution in [3.8, 4) is 0 Å². The Morgan fingerprint density at radius 1 is 0.641 bits per heavy atom. The van der Waals surface area contributed by atoms with Crippen molar-refractivity contribution in [2.24, 2.45) is 5.41 Å². The Labute approximate surface area is 246 Å². The highest BCUT2D eigenvalue weighted by molar-refractivity contribution is 9.10. The van der Waals surface area contributed by atoms with Gasteiger partial charge in [-0.2, -0.15) is 0 Å². The van der Waals surface area contributed by atoms with Crippen LogP contribution in [0.25, 0.3) is 0 Å². The van der Waals surface area contributed by atoms with Crippen LogP contribution < -0.4 is 0 Å². The third kappa shape index (κ3) is 19.0. The highest BCUT2D eigenvalue weighted by atomic mass is 79.9. The molecule has 39 heavy (non-hydrogen) atoms. The van der Waals surface area contributed by atoms with E-state index in [2.05, 4.69) is 36.7 Å². The second-order valence-electron chi connectivity index (χ2n) is 9.57. The van der Waals surface area contributed by atoms with E-state index < -0.39 is 44.7 Å². The number of hydrogen-bond donors (Lipinski definition) is 2. The average Bonchev–Trinajstić information content (AvgIpc) is 2.86. The lowest BCUT2D eigenvalue weighted by atomic mass is 9.93. The second kappa shape index (κ2) is 20.0. The minimum atomic E-state index is -1.43. The zero-order chi connectivity index (χ0) is 30.0. The number of carbonyl (C=O) groups excluding carboxylic acids is 3. The third-order valence-corrected chi connectivity index (χ3v) is 5.23. The normalized spacial score (nSPS) is 13.2. The fraction of sp³-hybridized carbons (Fsp3) is 0.875. The molecular formula is C24H42Br2O13. The molecule has 0 aliphatic rings. The molecule has 0 saturated carbocycles. The van der Waals surface area contributed by atoms with Crippen molar-refractivity contribution in [1.29, 1.82) is 0 Å². The number of alkyl halides is 2. The van der Waals surface area contributed by atoms with E-state index in [1.807, 2.05) is 0 Å². The summed E-state index contributed by atoms with van der Waals surface area (Å²) in [4.78, 5) is 46.5. The molecule has 13 nitrogen and oxygen atoms in total. The van der Waals surface area contributed by atoms with Gasteiger partial charge < -0.3 is 38.6 Å². The van der Waals surface area contributed by atoms with Gasteiger partial charge in [-0.1, -0.05) is 31.9 Å². The van der Waals surface area contributed by atoms with Crippen molar-refractivity contribution >= 4 is 49.8 Å². The number of aliphatic hydroxyl groups excluding tert-OH is 2. The van der Waals surface area contributed by atoms with Gasteiger partial charge in [0.05, 0.1) is 46.2 Å². The fourth-order valence-electron chi connectivity index (χ4n) is 2.19. The molecule has 15 heteroatoms. The van der Waals surface area contributed by atoms with E-state index in [0.717, 1.165) is 0 Å². The first kappa shape index (κ1) is 38.1. The van der Waals surface area contributed by atoms with Gasteiger partial charge in [0.25, 0.3) is 0 Å². The minimum Gasteiger partial charge on any atom is -0.463 e. The molecule has 0 bridgehead atoms. The first-order chi connectivity index (χ1) is 18.1. The second-order valence-corrected chi connectivity index (χ2v) is 13.5. The number of rotatable bonds is 23. The molecule has 0 aliphatic carbocycles. The van der Waals surface area contributed by atoms with Crippen LogP contribution in [0.3, 0.4) is 0 Å². The molecular weight excluding hydrogens is 656 g/mol. The molecule has 1 atom stereocenters. The molecule has 230 valence electrons. The maximum absolute atomic E-state index is 12.8. The van der Waals surface area contributed by atoms with Gasteiger partial charge >= 0.3 is 17.9 Å². The van der Waals surface area contributed by atoms with Crippen molar-refractivity contribution in [1.82, 2.24) is 0 Å². The zero-order valence-electron chi connectivity index (χ0n) is 23.2. The standard InChI is InChI=1S/C24H42Br2O13/c1-22(2,25)19(29)36-16-24(5,17-37-20(30)23(3,4)26)21(31)35-12-10-33-8-6-32-7-9-34-11-13-38-39-15-18(28)14-27/h18,27-28H,6-17H2,1-5H3. The minimum absolute atomic E-state index is 0.0648. The molecule has 0 aromatic heterocycles. The van der Waals surface area contributed by atoms with E-state index in [1.165, 1.54) is 6.92 Å². The maximum Gasteiger partial charge on any atom is 0.322 e. The van der Waals surface area contributed by atoms with Crippen molar-refractivity contribution in [2.75, 3.05) is 79.3 Å². The molecule has 1 unspecified atom stereocenters. The summed E-state index contributed by atoms with van der Waals surface area (Å²) in [6.45, 7) is 8.34. The van der Waals surface area contributed by atoms with Crippen LogP contribution in [0.4, 0.5) is 0 Å². The predicted octanol–water partition coefficient (Wildman–Crippen LogP) is 1.32. The van der Waals surface area contributed by atoms with Gasteiger partial charge in [-0.25, -0.2) is 9.78 Å². The van der Waals surface area contributed by atoms with E-state index in [9.17, 15) is 14.4 Å². The van der Waals surface area contributed by atoms with Gasteiger partial charge in [-0.3, -0.25) is 14.4 Å². The van der Waals surface area contributed by atoms with Crippen LogP contribution in [-0.2, 0) is 52.6 Å². The SMILES string of the molecule is CC(C)(Br)C(=O)OCC(C)(COC(=O)C(C)(C)Br)C(=O)OCCOCCOCCOCCOOCC(O)CO.